The summed E-state index contributed by atoms with van der Waals surface area (Å²) in [5.41, 5.74) is 0.0213. The Balaban J connectivity index is 2.78. The third-order valence-corrected chi connectivity index (χ3v) is 9.78. The van der Waals surface area contributed by atoms with Crippen LogP contribution in [0.4, 0.5) is 0 Å². The molecule has 0 unspecified atom stereocenters. The highest BCUT2D eigenvalue weighted by Crippen LogP contribution is 2.38. The standard InChI is InChI=1S/C23H29NO4Si/c1-17(21(22(26)27-6)24-18(2)25)28-29(23(3,4)5,19-13-9-7-10-14-19)20-15-11-8-12-16-20/h7-16H,1-6H3,(H,24,25)/b21-17-. The molecule has 2 rings (SSSR count). The Hall–Kier alpha value is -2.86. The molecule has 5 nitrogen and oxygen atoms in total. The Kier molecular flexibility index (Phi) is 7.03. The van der Waals surface area contributed by atoms with E-state index in [0.29, 0.717) is 5.76 Å². The molecule has 0 spiro atoms. The molecule has 2 aromatic carbocycles. The van der Waals surface area contributed by atoms with Crippen LogP contribution in [0.2, 0.25) is 5.04 Å². The van der Waals surface area contributed by atoms with Crippen molar-refractivity contribution in [1.29, 1.82) is 0 Å². The van der Waals surface area contributed by atoms with Crippen LogP contribution in [-0.4, -0.2) is 27.3 Å². The first-order valence-corrected chi connectivity index (χ1v) is 11.4. The van der Waals surface area contributed by atoms with Gasteiger partial charge in [0, 0.05) is 6.92 Å². The highest BCUT2D eigenvalue weighted by atomic mass is 28.4. The van der Waals surface area contributed by atoms with E-state index in [-0.39, 0.29) is 16.6 Å². The predicted octanol–water partition coefficient (Wildman–Crippen LogP) is 3.10. The van der Waals surface area contributed by atoms with E-state index in [1.54, 1.807) is 6.92 Å². The van der Waals surface area contributed by atoms with Gasteiger partial charge < -0.3 is 14.5 Å². The zero-order valence-electron chi connectivity index (χ0n) is 17.9. The monoisotopic (exact) mass is 411 g/mol. The number of carbonyl (C=O) groups excluding carboxylic acids is 2. The SMILES string of the molecule is COC(=O)/C(NC(C)=O)=C(\C)O[Si](c1ccccc1)(c1ccccc1)C(C)(C)C. The fourth-order valence-corrected chi connectivity index (χ4v) is 7.98. The van der Waals surface area contributed by atoms with Crippen molar-refractivity contribution in [2.24, 2.45) is 0 Å². The predicted molar refractivity (Wildman–Crippen MR) is 117 cm³/mol. The van der Waals surface area contributed by atoms with Crippen LogP contribution in [0, 0.1) is 0 Å². The number of benzene rings is 2. The van der Waals surface area contributed by atoms with Gasteiger partial charge in [-0.15, -0.1) is 0 Å². The first kappa shape index (κ1) is 22.4. The number of hydrogen-bond donors (Lipinski definition) is 1. The molecule has 0 aliphatic rings. The number of hydrogen-bond acceptors (Lipinski definition) is 4. The number of ether oxygens (including phenoxy) is 1. The van der Waals surface area contributed by atoms with Gasteiger partial charge in [-0.25, -0.2) is 4.79 Å². The molecule has 0 aromatic heterocycles. The van der Waals surface area contributed by atoms with Crippen molar-refractivity contribution >= 4 is 30.6 Å². The van der Waals surface area contributed by atoms with Crippen LogP contribution < -0.4 is 15.7 Å². The van der Waals surface area contributed by atoms with Crippen molar-refractivity contribution in [2.45, 2.75) is 39.7 Å². The van der Waals surface area contributed by atoms with Crippen LogP contribution in [0.25, 0.3) is 0 Å². The van der Waals surface area contributed by atoms with Crippen molar-refractivity contribution in [3.63, 3.8) is 0 Å². The lowest BCUT2D eigenvalue weighted by atomic mass is 10.2. The van der Waals surface area contributed by atoms with Gasteiger partial charge in [-0.05, 0) is 22.3 Å². The van der Waals surface area contributed by atoms with E-state index >= 15 is 0 Å². The van der Waals surface area contributed by atoms with Crippen LogP contribution in [0.5, 0.6) is 0 Å². The summed E-state index contributed by atoms with van der Waals surface area (Å²) in [4.78, 5) is 24.0. The maximum atomic E-state index is 12.3. The zero-order chi connectivity index (χ0) is 21.7. The van der Waals surface area contributed by atoms with Crippen molar-refractivity contribution in [3.8, 4) is 0 Å². The Labute approximate surface area is 173 Å². The largest absolute Gasteiger partial charge is 0.535 e. The number of amides is 1. The maximum Gasteiger partial charge on any atom is 0.358 e. The number of rotatable bonds is 6. The van der Waals surface area contributed by atoms with Crippen molar-refractivity contribution in [3.05, 3.63) is 72.1 Å². The maximum absolute atomic E-state index is 12.3. The summed E-state index contributed by atoms with van der Waals surface area (Å²) in [6.07, 6.45) is 0. The molecule has 0 aliphatic heterocycles. The lowest BCUT2D eigenvalue weighted by Crippen LogP contribution is -2.66. The summed E-state index contributed by atoms with van der Waals surface area (Å²) in [6.45, 7) is 9.47. The van der Waals surface area contributed by atoms with Gasteiger partial charge in [-0.1, -0.05) is 81.4 Å². The number of esters is 1. The van der Waals surface area contributed by atoms with E-state index in [4.69, 9.17) is 9.16 Å². The Morgan fingerprint density at radius 1 is 0.862 bits per heavy atom. The first-order valence-electron chi connectivity index (χ1n) is 9.50. The molecule has 0 fully saturated rings. The van der Waals surface area contributed by atoms with E-state index < -0.39 is 14.3 Å². The van der Waals surface area contributed by atoms with Crippen molar-refractivity contribution in [1.82, 2.24) is 5.32 Å². The normalized spacial score (nSPS) is 12.6. The van der Waals surface area contributed by atoms with Gasteiger partial charge in [0.15, 0.2) is 5.70 Å². The fraction of sp³-hybridized carbons (Fsp3) is 0.304. The van der Waals surface area contributed by atoms with Gasteiger partial charge >= 0.3 is 14.3 Å². The summed E-state index contributed by atoms with van der Waals surface area (Å²) in [6, 6.07) is 20.1. The van der Waals surface area contributed by atoms with Gasteiger partial charge in [0.2, 0.25) is 5.91 Å². The van der Waals surface area contributed by atoms with Gasteiger partial charge in [-0.2, -0.15) is 0 Å². The van der Waals surface area contributed by atoms with Crippen molar-refractivity contribution < 1.29 is 18.8 Å². The molecule has 0 saturated heterocycles. The molecule has 6 heteroatoms. The summed E-state index contributed by atoms with van der Waals surface area (Å²) in [5.74, 6) is -0.673. The average molecular weight is 412 g/mol. The highest BCUT2D eigenvalue weighted by molar-refractivity contribution is 6.99. The second kappa shape index (κ2) is 9.09. The molecule has 1 N–H and O–H groups in total. The summed E-state index contributed by atoms with van der Waals surface area (Å²) in [5, 5.41) is 4.45. The van der Waals surface area contributed by atoms with E-state index in [1.807, 2.05) is 36.4 Å². The van der Waals surface area contributed by atoms with Gasteiger partial charge in [0.05, 0.1) is 7.11 Å². The summed E-state index contributed by atoms with van der Waals surface area (Å²) in [7, 11) is -1.62. The van der Waals surface area contributed by atoms with E-state index in [9.17, 15) is 9.59 Å². The fourth-order valence-electron chi connectivity index (χ4n) is 3.49. The zero-order valence-corrected chi connectivity index (χ0v) is 18.9. The number of carbonyl (C=O) groups is 2. The lowest BCUT2D eigenvalue weighted by Gasteiger charge is -2.43. The lowest BCUT2D eigenvalue weighted by molar-refractivity contribution is -0.137. The third kappa shape index (κ3) is 4.77. The summed E-state index contributed by atoms with van der Waals surface area (Å²) < 4.78 is 11.6. The Morgan fingerprint density at radius 3 is 1.66 bits per heavy atom. The van der Waals surface area contributed by atoms with Crippen molar-refractivity contribution in [2.75, 3.05) is 7.11 Å². The topological polar surface area (TPSA) is 64.6 Å². The van der Waals surface area contributed by atoms with Gasteiger partial charge in [-0.3, -0.25) is 4.79 Å². The summed E-state index contributed by atoms with van der Waals surface area (Å²) >= 11 is 0. The second-order valence-corrected chi connectivity index (χ2v) is 12.1. The molecular formula is C23H29NO4Si. The molecule has 154 valence electrons. The minimum absolute atomic E-state index is 0.0213. The molecule has 1 amide bonds. The van der Waals surface area contributed by atoms with Crippen LogP contribution in [0.3, 0.4) is 0 Å². The third-order valence-electron chi connectivity index (χ3n) is 4.77. The number of allylic oxidation sites excluding steroid dienone is 1. The molecule has 29 heavy (non-hydrogen) atoms. The molecule has 2 aromatic rings. The first-order chi connectivity index (χ1) is 13.6. The van der Waals surface area contributed by atoms with E-state index in [1.165, 1.54) is 14.0 Å². The molecule has 0 heterocycles. The average Bonchev–Trinajstić information content (AvgIpc) is 2.69. The van der Waals surface area contributed by atoms with E-state index in [0.717, 1.165) is 10.4 Å². The van der Waals surface area contributed by atoms with Gasteiger partial charge in [0.1, 0.15) is 5.76 Å². The molecule has 0 aliphatic carbocycles. The van der Waals surface area contributed by atoms with Gasteiger partial charge in [0.25, 0.3) is 0 Å². The molecule has 0 atom stereocenters. The quantitative estimate of drug-likeness (QED) is 0.343. The van der Waals surface area contributed by atoms with Crippen LogP contribution in [-0.2, 0) is 18.8 Å². The Morgan fingerprint density at radius 2 is 1.31 bits per heavy atom. The highest BCUT2D eigenvalue weighted by Gasteiger charge is 2.52. The second-order valence-electron chi connectivity index (χ2n) is 7.87. The minimum atomic E-state index is -2.90. The number of nitrogens with one attached hydrogen (secondary N) is 1. The van der Waals surface area contributed by atoms with Crippen LogP contribution in [0.15, 0.2) is 72.1 Å². The molecule has 0 radical (unpaired) electrons. The Bertz CT molecular complexity index is 847. The van der Waals surface area contributed by atoms with Crippen LogP contribution in [0.1, 0.15) is 34.6 Å². The number of methoxy groups -OCH3 is 1. The molecule has 0 bridgehead atoms. The minimum Gasteiger partial charge on any atom is -0.535 e. The molecule has 0 saturated carbocycles. The van der Waals surface area contributed by atoms with E-state index in [2.05, 4.69) is 50.4 Å². The smallest absolute Gasteiger partial charge is 0.358 e. The molecular weight excluding hydrogens is 382 g/mol. The van der Waals surface area contributed by atoms with Crippen LogP contribution >= 0.6 is 0 Å².